The number of carbonyl (C=O) groups is 3. The smallest absolute Gasteiger partial charge is 0.306 e. The molecule has 0 aliphatic heterocycles. The molecule has 0 heterocycles. The molecule has 0 aliphatic carbocycles. The molecule has 6 nitrogen and oxygen atoms in total. The van der Waals surface area contributed by atoms with Crippen LogP contribution in [-0.4, -0.2) is 37.2 Å². The average Bonchev–Trinajstić information content (AvgIpc) is 3.29. The Morgan fingerprint density at radius 3 is 0.859 bits per heavy atom. The molecule has 0 radical (unpaired) electrons. The van der Waals surface area contributed by atoms with Crippen LogP contribution >= 0.6 is 0 Å². The van der Waals surface area contributed by atoms with Crippen LogP contribution in [0.3, 0.4) is 0 Å². The van der Waals surface area contributed by atoms with Gasteiger partial charge in [0, 0.05) is 19.3 Å². The van der Waals surface area contributed by atoms with Crippen LogP contribution in [-0.2, 0) is 28.6 Å². The zero-order chi connectivity index (χ0) is 46.5. The van der Waals surface area contributed by atoms with Crippen LogP contribution < -0.4 is 0 Å². The zero-order valence-corrected chi connectivity index (χ0v) is 43.1. The van der Waals surface area contributed by atoms with E-state index >= 15 is 0 Å². The van der Waals surface area contributed by atoms with E-state index in [1.165, 1.54) is 205 Å². The fourth-order valence-electron chi connectivity index (χ4n) is 8.44. The average molecular weight is 901 g/mol. The first-order valence-corrected chi connectivity index (χ1v) is 28.4. The Kier molecular flexibility index (Phi) is 51.7. The molecule has 1 atom stereocenters. The van der Waals surface area contributed by atoms with Crippen molar-refractivity contribution in [2.75, 3.05) is 13.2 Å². The van der Waals surface area contributed by atoms with Gasteiger partial charge in [-0.1, -0.05) is 270 Å². The maximum absolute atomic E-state index is 12.8. The summed E-state index contributed by atoms with van der Waals surface area (Å²) in [6.45, 7) is 6.65. The topological polar surface area (TPSA) is 78.9 Å². The molecule has 64 heavy (non-hydrogen) atoms. The van der Waals surface area contributed by atoms with Crippen molar-refractivity contribution in [3.05, 3.63) is 24.3 Å². The molecule has 0 rings (SSSR count). The van der Waals surface area contributed by atoms with Crippen molar-refractivity contribution in [2.45, 2.75) is 316 Å². The number of esters is 3. The van der Waals surface area contributed by atoms with Crippen molar-refractivity contribution in [2.24, 2.45) is 0 Å². The van der Waals surface area contributed by atoms with E-state index in [0.717, 1.165) is 64.2 Å². The monoisotopic (exact) mass is 901 g/mol. The molecule has 0 N–H and O–H groups in total. The van der Waals surface area contributed by atoms with Crippen molar-refractivity contribution in [1.82, 2.24) is 0 Å². The number of unbranched alkanes of at least 4 members (excludes halogenated alkanes) is 38. The summed E-state index contributed by atoms with van der Waals surface area (Å²) < 4.78 is 16.9. The van der Waals surface area contributed by atoms with E-state index < -0.39 is 6.10 Å². The van der Waals surface area contributed by atoms with Gasteiger partial charge < -0.3 is 14.2 Å². The number of rotatable bonds is 52. The summed E-state index contributed by atoms with van der Waals surface area (Å²) >= 11 is 0. The molecule has 0 bridgehead atoms. The van der Waals surface area contributed by atoms with Gasteiger partial charge in [0.15, 0.2) is 6.10 Å². The van der Waals surface area contributed by atoms with Gasteiger partial charge in [-0.3, -0.25) is 14.4 Å². The third kappa shape index (κ3) is 50.9. The molecule has 376 valence electrons. The van der Waals surface area contributed by atoms with Gasteiger partial charge in [0.25, 0.3) is 0 Å². The molecule has 0 aromatic carbocycles. The highest BCUT2D eigenvalue weighted by Gasteiger charge is 2.19. The second kappa shape index (κ2) is 53.5. The molecular weight excluding hydrogens is 793 g/mol. The van der Waals surface area contributed by atoms with Crippen molar-refractivity contribution < 1.29 is 28.6 Å². The zero-order valence-electron chi connectivity index (χ0n) is 43.1. The normalized spacial score (nSPS) is 12.1. The highest BCUT2D eigenvalue weighted by molar-refractivity contribution is 5.71. The highest BCUT2D eigenvalue weighted by Crippen LogP contribution is 2.17. The van der Waals surface area contributed by atoms with Gasteiger partial charge in [-0.05, 0) is 44.9 Å². The lowest BCUT2D eigenvalue weighted by atomic mass is 10.0. The van der Waals surface area contributed by atoms with E-state index in [-0.39, 0.29) is 31.1 Å². The summed E-state index contributed by atoms with van der Waals surface area (Å²) in [4.78, 5) is 38.1. The molecule has 0 spiro atoms. The van der Waals surface area contributed by atoms with Crippen molar-refractivity contribution in [3.63, 3.8) is 0 Å². The van der Waals surface area contributed by atoms with Gasteiger partial charge in [-0.15, -0.1) is 0 Å². The van der Waals surface area contributed by atoms with E-state index in [1.807, 2.05) is 0 Å². The van der Waals surface area contributed by atoms with Crippen LogP contribution in [0.15, 0.2) is 24.3 Å². The molecule has 0 fully saturated rings. The number of allylic oxidation sites excluding steroid dienone is 4. The van der Waals surface area contributed by atoms with Crippen LogP contribution in [0.5, 0.6) is 0 Å². The van der Waals surface area contributed by atoms with Gasteiger partial charge in [-0.2, -0.15) is 0 Å². The SMILES string of the molecule is CCCCC/C=C\C=C/CCCCCCCCC(=O)OC(COC(=O)CCCCCCCCCCCCCCCCC)COC(=O)CCCCCCCCCCCCCCCCCC. The second-order valence-electron chi connectivity index (χ2n) is 19.2. The first kappa shape index (κ1) is 61.9. The van der Waals surface area contributed by atoms with Gasteiger partial charge in [0.2, 0.25) is 0 Å². The van der Waals surface area contributed by atoms with Crippen LogP contribution in [0, 0.1) is 0 Å². The summed E-state index contributed by atoms with van der Waals surface area (Å²) in [5, 5.41) is 0. The molecule has 0 aromatic rings. The lowest BCUT2D eigenvalue weighted by molar-refractivity contribution is -0.167. The quantitative estimate of drug-likeness (QED) is 0.0262. The van der Waals surface area contributed by atoms with Crippen LogP contribution in [0.2, 0.25) is 0 Å². The van der Waals surface area contributed by atoms with Crippen LogP contribution in [0.4, 0.5) is 0 Å². The Morgan fingerprint density at radius 2 is 0.547 bits per heavy atom. The minimum absolute atomic E-state index is 0.0707. The summed E-state index contributed by atoms with van der Waals surface area (Å²) in [7, 11) is 0. The maximum Gasteiger partial charge on any atom is 0.306 e. The Morgan fingerprint density at radius 1 is 0.312 bits per heavy atom. The summed E-state index contributed by atoms with van der Waals surface area (Å²) in [6.07, 6.45) is 61.6. The number of ether oxygens (including phenoxy) is 3. The molecule has 1 unspecified atom stereocenters. The molecule has 0 saturated heterocycles. The summed E-state index contributed by atoms with van der Waals surface area (Å²) in [6, 6.07) is 0. The first-order chi connectivity index (χ1) is 31.5. The minimum Gasteiger partial charge on any atom is -0.462 e. The Bertz CT molecular complexity index is 1040. The molecule has 0 amide bonds. The van der Waals surface area contributed by atoms with E-state index in [0.29, 0.717) is 19.3 Å². The highest BCUT2D eigenvalue weighted by atomic mass is 16.6. The minimum atomic E-state index is -0.772. The fourth-order valence-corrected chi connectivity index (χ4v) is 8.44. The predicted octanol–water partition coefficient (Wildman–Crippen LogP) is 18.7. The largest absolute Gasteiger partial charge is 0.462 e. The van der Waals surface area contributed by atoms with Crippen molar-refractivity contribution >= 4 is 17.9 Å². The predicted molar refractivity (Wildman–Crippen MR) is 275 cm³/mol. The standard InChI is InChI=1S/C58H108O6/c1-4-7-10-13-16-19-22-25-28-31-33-36-39-42-45-48-51-57(60)63-54-55(64-58(61)52-49-46-43-40-37-34-30-27-24-21-18-15-12-9-6-3)53-62-56(59)50-47-44-41-38-35-32-29-26-23-20-17-14-11-8-5-2/h18,21,24,27,55H,4-17,19-20,22-23,25-26,28-54H2,1-3H3/b21-18-,27-24-. The number of hydrogen-bond acceptors (Lipinski definition) is 6. The Balaban J connectivity index is 4.34. The molecule has 6 heteroatoms. The number of hydrogen-bond donors (Lipinski definition) is 0. The second-order valence-corrected chi connectivity index (χ2v) is 19.2. The number of carbonyl (C=O) groups excluding carboxylic acids is 3. The Labute approximate surface area is 398 Å². The third-order valence-electron chi connectivity index (χ3n) is 12.7. The van der Waals surface area contributed by atoms with Crippen molar-refractivity contribution in [1.29, 1.82) is 0 Å². The van der Waals surface area contributed by atoms with E-state index in [2.05, 4.69) is 45.1 Å². The first-order valence-electron chi connectivity index (χ1n) is 28.4. The molecular formula is C58H108O6. The van der Waals surface area contributed by atoms with Gasteiger partial charge in [-0.25, -0.2) is 0 Å². The van der Waals surface area contributed by atoms with E-state index in [1.54, 1.807) is 0 Å². The summed E-state index contributed by atoms with van der Waals surface area (Å²) in [5.74, 6) is -0.861. The van der Waals surface area contributed by atoms with Gasteiger partial charge in [0.05, 0.1) is 0 Å². The maximum atomic E-state index is 12.8. The van der Waals surface area contributed by atoms with Crippen molar-refractivity contribution in [3.8, 4) is 0 Å². The molecule has 0 aliphatic rings. The third-order valence-corrected chi connectivity index (χ3v) is 12.7. The molecule has 0 aromatic heterocycles. The van der Waals surface area contributed by atoms with Crippen LogP contribution in [0.25, 0.3) is 0 Å². The molecule has 0 saturated carbocycles. The van der Waals surface area contributed by atoms with Crippen LogP contribution in [0.1, 0.15) is 310 Å². The van der Waals surface area contributed by atoms with E-state index in [9.17, 15) is 14.4 Å². The van der Waals surface area contributed by atoms with Gasteiger partial charge >= 0.3 is 17.9 Å². The Hall–Kier alpha value is -2.11. The lowest BCUT2D eigenvalue weighted by Gasteiger charge is -2.18. The summed E-state index contributed by atoms with van der Waals surface area (Å²) in [5.41, 5.74) is 0. The lowest BCUT2D eigenvalue weighted by Crippen LogP contribution is -2.30. The fraction of sp³-hybridized carbons (Fsp3) is 0.879. The van der Waals surface area contributed by atoms with Gasteiger partial charge in [0.1, 0.15) is 13.2 Å². The van der Waals surface area contributed by atoms with E-state index in [4.69, 9.17) is 14.2 Å².